The molecule has 0 radical (unpaired) electrons. The molecule has 2 fully saturated rings. The van der Waals surface area contributed by atoms with Crippen LogP contribution in [0.5, 0.6) is 0 Å². The summed E-state index contributed by atoms with van der Waals surface area (Å²) in [5.41, 5.74) is 1.96. The summed E-state index contributed by atoms with van der Waals surface area (Å²) in [4.78, 5) is 12.4. The summed E-state index contributed by atoms with van der Waals surface area (Å²) in [5, 5.41) is 0. The first-order valence-corrected chi connectivity index (χ1v) is 6.24. The molecule has 0 bridgehead atoms. The molecular formula is C13H15N3. The Morgan fingerprint density at radius 1 is 1.19 bits per heavy atom. The number of aromatic nitrogens is 3. The maximum Gasteiger partial charge on any atom is 0.177 e. The van der Waals surface area contributed by atoms with Crippen molar-refractivity contribution in [1.29, 1.82) is 0 Å². The number of hydrogen-bond donors (Lipinski definition) is 1. The van der Waals surface area contributed by atoms with Crippen molar-refractivity contribution >= 4 is 11.2 Å². The summed E-state index contributed by atoms with van der Waals surface area (Å²) in [6, 6.07) is 4.02. The number of nitrogens with zero attached hydrogens (tertiary/aromatic N) is 2. The fraction of sp³-hybridized carbons (Fsp3) is 0.538. The third-order valence-corrected chi connectivity index (χ3v) is 4.25. The minimum atomic E-state index is 0.705. The molecule has 0 aromatic carbocycles. The van der Waals surface area contributed by atoms with E-state index < -0.39 is 0 Å². The summed E-state index contributed by atoms with van der Waals surface area (Å²) in [6.45, 7) is 0. The molecule has 2 unspecified atom stereocenters. The van der Waals surface area contributed by atoms with Crippen molar-refractivity contribution in [1.82, 2.24) is 15.0 Å². The Labute approximate surface area is 94.3 Å². The van der Waals surface area contributed by atoms with Crippen molar-refractivity contribution in [3.63, 3.8) is 0 Å². The second-order valence-corrected chi connectivity index (χ2v) is 5.13. The van der Waals surface area contributed by atoms with E-state index in [2.05, 4.69) is 21.0 Å². The van der Waals surface area contributed by atoms with Crippen LogP contribution < -0.4 is 0 Å². The van der Waals surface area contributed by atoms with Gasteiger partial charge in [0.25, 0.3) is 0 Å². The molecule has 3 heteroatoms. The highest BCUT2D eigenvalue weighted by Gasteiger charge is 2.52. The molecule has 2 saturated carbocycles. The topological polar surface area (TPSA) is 41.6 Å². The minimum absolute atomic E-state index is 0.705. The van der Waals surface area contributed by atoms with Gasteiger partial charge in [0.05, 0.1) is 5.52 Å². The fourth-order valence-corrected chi connectivity index (χ4v) is 3.42. The minimum Gasteiger partial charge on any atom is -0.340 e. The summed E-state index contributed by atoms with van der Waals surface area (Å²) >= 11 is 0. The quantitative estimate of drug-likeness (QED) is 0.791. The highest BCUT2D eigenvalue weighted by molar-refractivity contribution is 5.70. The van der Waals surface area contributed by atoms with Crippen molar-refractivity contribution in [2.24, 2.45) is 11.8 Å². The zero-order valence-corrected chi connectivity index (χ0v) is 9.19. The van der Waals surface area contributed by atoms with E-state index in [-0.39, 0.29) is 0 Å². The molecule has 2 aliphatic carbocycles. The van der Waals surface area contributed by atoms with Gasteiger partial charge in [-0.1, -0.05) is 12.8 Å². The molecule has 2 aromatic heterocycles. The van der Waals surface area contributed by atoms with Gasteiger partial charge < -0.3 is 4.98 Å². The average Bonchev–Trinajstić information content (AvgIpc) is 2.91. The number of rotatable bonds is 1. The monoisotopic (exact) mass is 213 g/mol. The smallest absolute Gasteiger partial charge is 0.177 e. The number of hydrogen-bond acceptors (Lipinski definition) is 2. The van der Waals surface area contributed by atoms with E-state index in [1.54, 1.807) is 0 Å². The van der Waals surface area contributed by atoms with Gasteiger partial charge in [-0.2, -0.15) is 0 Å². The molecule has 3 nitrogen and oxygen atoms in total. The van der Waals surface area contributed by atoms with E-state index in [4.69, 9.17) is 0 Å². The Balaban J connectivity index is 1.72. The lowest BCUT2D eigenvalue weighted by Crippen LogP contribution is -1.91. The SMILES string of the molecule is c1cnc2nc(C3C4CCCCC43)[nH]c2c1. The average molecular weight is 213 g/mol. The summed E-state index contributed by atoms with van der Waals surface area (Å²) in [7, 11) is 0. The molecule has 2 heterocycles. The van der Waals surface area contributed by atoms with Gasteiger partial charge in [0, 0.05) is 12.1 Å². The Hall–Kier alpha value is -1.38. The highest BCUT2D eigenvalue weighted by atomic mass is 15.0. The molecule has 1 N–H and O–H groups in total. The lowest BCUT2D eigenvalue weighted by molar-refractivity contribution is 0.480. The zero-order valence-electron chi connectivity index (χ0n) is 9.19. The van der Waals surface area contributed by atoms with Crippen LogP contribution in [0, 0.1) is 11.8 Å². The van der Waals surface area contributed by atoms with Crippen LogP contribution in [0.4, 0.5) is 0 Å². The first-order chi connectivity index (χ1) is 7.93. The van der Waals surface area contributed by atoms with Crippen LogP contribution in [-0.4, -0.2) is 15.0 Å². The van der Waals surface area contributed by atoms with Crippen LogP contribution in [0.3, 0.4) is 0 Å². The molecule has 0 spiro atoms. The fourth-order valence-electron chi connectivity index (χ4n) is 3.42. The molecule has 2 aliphatic rings. The number of H-pyrrole nitrogens is 1. The van der Waals surface area contributed by atoms with Gasteiger partial charge in [0.1, 0.15) is 5.82 Å². The molecule has 2 aromatic rings. The highest BCUT2D eigenvalue weighted by Crippen LogP contribution is 2.60. The molecule has 16 heavy (non-hydrogen) atoms. The van der Waals surface area contributed by atoms with Crippen LogP contribution >= 0.6 is 0 Å². The number of fused-ring (bicyclic) bond motifs is 2. The van der Waals surface area contributed by atoms with Gasteiger partial charge >= 0.3 is 0 Å². The van der Waals surface area contributed by atoms with E-state index >= 15 is 0 Å². The Morgan fingerprint density at radius 3 is 2.75 bits per heavy atom. The Bertz CT molecular complexity index is 486. The third kappa shape index (κ3) is 1.14. The number of pyridine rings is 1. The van der Waals surface area contributed by atoms with Crippen molar-refractivity contribution in [2.45, 2.75) is 31.6 Å². The molecule has 0 saturated heterocycles. The standard InChI is InChI=1S/C13H15N3/c1-2-5-9-8(4-1)11(9)13-15-10-6-3-7-14-12(10)16-13/h3,6-9,11H,1-2,4-5H2,(H,14,15,16). The van der Waals surface area contributed by atoms with Crippen LogP contribution in [0.25, 0.3) is 11.2 Å². The van der Waals surface area contributed by atoms with E-state index in [9.17, 15) is 0 Å². The Morgan fingerprint density at radius 2 is 2.00 bits per heavy atom. The van der Waals surface area contributed by atoms with Gasteiger partial charge in [-0.15, -0.1) is 0 Å². The zero-order chi connectivity index (χ0) is 10.5. The number of imidazole rings is 1. The van der Waals surface area contributed by atoms with Crippen LogP contribution in [0.15, 0.2) is 18.3 Å². The maximum atomic E-state index is 4.63. The van der Waals surface area contributed by atoms with Crippen LogP contribution in [0.1, 0.15) is 37.4 Å². The molecule has 2 atom stereocenters. The van der Waals surface area contributed by atoms with Crippen molar-refractivity contribution < 1.29 is 0 Å². The predicted octanol–water partition coefficient (Wildman–Crippen LogP) is 2.86. The first-order valence-electron chi connectivity index (χ1n) is 6.24. The van der Waals surface area contributed by atoms with Crippen molar-refractivity contribution in [3.8, 4) is 0 Å². The van der Waals surface area contributed by atoms with Gasteiger partial charge in [-0.05, 0) is 36.8 Å². The van der Waals surface area contributed by atoms with E-state index in [1.165, 1.54) is 31.5 Å². The van der Waals surface area contributed by atoms with Gasteiger partial charge in [0.2, 0.25) is 0 Å². The molecule has 0 amide bonds. The summed E-state index contributed by atoms with van der Waals surface area (Å²) in [5.74, 6) is 3.71. The van der Waals surface area contributed by atoms with Crippen molar-refractivity contribution in [2.75, 3.05) is 0 Å². The summed E-state index contributed by atoms with van der Waals surface area (Å²) in [6.07, 6.45) is 7.44. The van der Waals surface area contributed by atoms with Gasteiger partial charge in [-0.25, -0.2) is 9.97 Å². The van der Waals surface area contributed by atoms with Crippen molar-refractivity contribution in [3.05, 3.63) is 24.2 Å². The Kier molecular flexibility index (Phi) is 1.67. The van der Waals surface area contributed by atoms with Crippen LogP contribution in [0.2, 0.25) is 0 Å². The lowest BCUT2D eigenvalue weighted by Gasteiger charge is -2.04. The molecule has 0 aliphatic heterocycles. The lowest BCUT2D eigenvalue weighted by atomic mass is 10.0. The second kappa shape index (κ2) is 3.06. The second-order valence-electron chi connectivity index (χ2n) is 5.13. The number of aromatic amines is 1. The summed E-state index contributed by atoms with van der Waals surface area (Å²) < 4.78 is 0. The third-order valence-electron chi connectivity index (χ3n) is 4.25. The largest absolute Gasteiger partial charge is 0.340 e. The van der Waals surface area contributed by atoms with E-state index in [0.29, 0.717) is 5.92 Å². The molecule has 4 rings (SSSR count). The number of nitrogens with one attached hydrogen (secondary N) is 1. The molecular weight excluding hydrogens is 198 g/mol. The van der Waals surface area contributed by atoms with Gasteiger partial charge in [-0.3, -0.25) is 0 Å². The maximum absolute atomic E-state index is 4.63. The predicted molar refractivity (Wildman–Crippen MR) is 62.1 cm³/mol. The first kappa shape index (κ1) is 8.74. The van der Waals surface area contributed by atoms with E-state index in [1.807, 2.05) is 12.3 Å². The molecule has 82 valence electrons. The normalized spacial score (nSPS) is 32.6. The van der Waals surface area contributed by atoms with E-state index in [0.717, 1.165) is 23.0 Å². The van der Waals surface area contributed by atoms with Gasteiger partial charge in [0.15, 0.2) is 5.65 Å². The van der Waals surface area contributed by atoms with Crippen LogP contribution in [-0.2, 0) is 0 Å².